The Hall–Kier alpha value is -2.22. The van der Waals surface area contributed by atoms with E-state index in [0.717, 1.165) is 19.3 Å². The SMILES string of the molecule is CC(=O)C(C(=O)c1ccccc1)C1CCCc2ccccc21. The van der Waals surface area contributed by atoms with E-state index in [1.807, 2.05) is 30.3 Å². The molecule has 0 aromatic heterocycles. The zero-order valence-electron chi connectivity index (χ0n) is 12.8. The van der Waals surface area contributed by atoms with Crippen molar-refractivity contribution in [3.8, 4) is 0 Å². The number of benzene rings is 2. The quantitative estimate of drug-likeness (QED) is 0.625. The van der Waals surface area contributed by atoms with Crippen molar-refractivity contribution in [2.75, 3.05) is 0 Å². The first-order chi connectivity index (χ1) is 10.7. The number of aryl methyl sites for hydroxylation is 1. The van der Waals surface area contributed by atoms with E-state index in [-0.39, 0.29) is 17.5 Å². The number of rotatable bonds is 4. The maximum atomic E-state index is 12.9. The van der Waals surface area contributed by atoms with Gasteiger partial charge >= 0.3 is 0 Å². The molecule has 2 aromatic carbocycles. The first kappa shape index (κ1) is 14.7. The molecule has 1 aliphatic rings. The monoisotopic (exact) mass is 292 g/mol. The zero-order valence-corrected chi connectivity index (χ0v) is 12.8. The van der Waals surface area contributed by atoms with Gasteiger partial charge in [-0.15, -0.1) is 0 Å². The molecule has 0 saturated carbocycles. The molecular weight excluding hydrogens is 272 g/mol. The van der Waals surface area contributed by atoms with E-state index in [1.54, 1.807) is 19.1 Å². The molecule has 2 heteroatoms. The summed E-state index contributed by atoms with van der Waals surface area (Å²) < 4.78 is 0. The highest BCUT2D eigenvalue weighted by atomic mass is 16.1. The van der Waals surface area contributed by atoms with Crippen molar-refractivity contribution < 1.29 is 9.59 Å². The second-order valence-corrected chi connectivity index (χ2v) is 6.02. The van der Waals surface area contributed by atoms with Gasteiger partial charge in [0.05, 0.1) is 5.92 Å². The van der Waals surface area contributed by atoms with Crippen LogP contribution < -0.4 is 0 Å². The second kappa shape index (κ2) is 6.27. The first-order valence-electron chi connectivity index (χ1n) is 7.86. The van der Waals surface area contributed by atoms with Crippen LogP contribution in [-0.4, -0.2) is 11.6 Å². The third-order valence-electron chi connectivity index (χ3n) is 4.60. The Morgan fingerprint density at radius 1 is 1.00 bits per heavy atom. The normalized spacial score (nSPS) is 18.3. The van der Waals surface area contributed by atoms with Gasteiger partial charge in [0.25, 0.3) is 0 Å². The van der Waals surface area contributed by atoms with E-state index in [4.69, 9.17) is 0 Å². The van der Waals surface area contributed by atoms with Gasteiger partial charge in [-0.3, -0.25) is 9.59 Å². The van der Waals surface area contributed by atoms with Crippen molar-refractivity contribution in [2.45, 2.75) is 32.1 Å². The fourth-order valence-electron chi connectivity index (χ4n) is 3.57. The van der Waals surface area contributed by atoms with Crippen molar-refractivity contribution in [3.05, 3.63) is 71.3 Å². The summed E-state index contributed by atoms with van der Waals surface area (Å²) in [7, 11) is 0. The number of ketones is 2. The lowest BCUT2D eigenvalue weighted by atomic mass is 9.72. The van der Waals surface area contributed by atoms with Crippen LogP contribution in [-0.2, 0) is 11.2 Å². The van der Waals surface area contributed by atoms with E-state index in [0.29, 0.717) is 5.56 Å². The molecule has 112 valence electrons. The van der Waals surface area contributed by atoms with Gasteiger partial charge < -0.3 is 0 Å². The molecule has 0 spiro atoms. The average molecular weight is 292 g/mol. The smallest absolute Gasteiger partial charge is 0.173 e. The summed E-state index contributed by atoms with van der Waals surface area (Å²) in [6.07, 6.45) is 2.98. The van der Waals surface area contributed by atoms with Crippen molar-refractivity contribution >= 4 is 11.6 Å². The fourth-order valence-corrected chi connectivity index (χ4v) is 3.57. The van der Waals surface area contributed by atoms with Gasteiger partial charge in [-0.05, 0) is 37.3 Å². The number of fused-ring (bicyclic) bond motifs is 1. The molecular formula is C20H20O2. The van der Waals surface area contributed by atoms with Crippen LogP contribution in [0.3, 0.4) is 0 Å². The van der Waals surface area contributed by atoms with E-state index >= 15 is 0 Å². The highest BCUT2D eigenvalue weighted by Gasteiger charge is 2.36. The average Bonchev–Trinajstić information content (AvgIpc) is 2.56. The highest BCUT2D eigenvalue weighted by molar-refractivity contribution is 6.10. The maximum absolute atomic E-state index is 12.9. The van der Waals surface area contributed by atoms with Crippen LogP contribution in [0.5, 0.6) is 0 Å². The lowest BCUT2D eigenvalue weighted by Gasteiger charge is -2.30. The Morgan fingerprint density at radius 3 is 2.41 bits per heavy atom. The minimum absolute atomic E-state index is 0.00940. The van der Waals surface area contributed by atoms with E-state index in [2.05, 4.69) is 12.1 Å². The maximum Gasteiger partial charge on any atom is 0.173 e. The molecule has 0 N–H and O–H groups in total. The van der Waals surface area contributed by atoms with Crippen molar-refractivity contribution in [1.82, 2.24) is 0 Å². The molecule has 0 amide bonds. The molecule has 0 saturated heterocycles. The molecule has 2 aromatic rings. The fraction of sp³-hybridized carbons (Fsp3) is 0.300. The van der Waals surface area contributed by atoms with Crippen LogP contribution in [0.4, 0.5) is 0 Å². The highest BCUT2D eigenvalue weighted by Crippen LogP contribution is 2.38. The van der Waals surface area contributed by atoms with Gasteiger partial charge in [0, 0.05) is 11.5 Å². The summed E-state index contributed by atoms with van der Waals surface area (Å²) in [4.78, 5) is 25.1. The summed E-state index contributed by atoms with van der Waals surface area (Å²) in [5, 5.41) is 0. The topological polar surface area (TPSA) is 34.1 Å². The molecule has 2 unspecified atom stereocenters. The van der Waals surface area contributed by atoms with Gasteiger partial charge in [-0.1, -0.05) is 54.6 Å². The first-order valence-corrected chi connectivity index (χ1v) is 7.86. The Bertz CT molecular complexity index is 688. The number of hydrogen-bond donors (Lipinski definition) is 0. The van der Waals surface area contributed by atoms with Gasteiger partial charge in [0.2, 0.25) is 0 Å². The zero-order chi connectivity index (χ0) is 15.5. The van der Waals surface area contributed by atoms with Crippen LogP contribution in [0, 0.1) is 5.92 Å². The summed E-state index contributed by atoms with van der Waals surface area (Å²) in [5.41, 5.74) is 3.09. The largest absolute Gasteiger partial charge is 0.299 e. The van der Waals surface area contributed by atoms with Crippen LogP contribution >= 0.6 is 0 Å². The predicted molar refractivity (Wildman–Crippen MR) is 87.1 cm³/mol. The molecule has 0 heterocycles. The lowest BCUT2D eigenvalue weighted by molar-refractivity contribution is -0.120. The summed E-state index contributed by atoms with van der Waals surface area (Å²) >= 11 is 0. The molecule has 2 atom stereocenters. The van der Waals surface area contributed by atoms with Gasteiger partial charge in [-0.25, -0.2) is 0 Å². The Kier molecular flexibility index (Phi) is 4.19. The molecule has 22 heavy (non-hydrogen) atoms. The molecule has 1 aliphatic carbocycles. The van der Waals surface area contributed by atoms with E-state index < -0.39 is 5.92 Å². The lowest BCUT2D eigenvalue weighted by Crippen LogP contribution is -2.31. The number of Topliss-reactive ketones (excluding diaryl/α,β-unsaturated/α-hetero) is 2. The van der Waals surface area contributed by atoms with Gasteiger partial charge in [0.1, 0.15) is 5.78 Å². The van der Waals surface area contributed by atoms with Crippen LogP contribution in [0.2, 0.25) is 0 Å². The Morgan fingerprint density at radius 2 is 1.68 bits per heavy atom. The van der Waals surface area contributed by atoms with Crippen molar-refractivity contribution in [2.24, 2.45) is 5.92 Å². The summed E-state index contributed by atoms with van der Waals surface area (Å²) in [5.74, 6) is -0.635. The van der Waals surface area contributed by atoms with Crippen LogP contribution in [0.15, 0.2) is 54.6 Å². The molecule has 2 nitrogen and oxygen atoms in total. The molecule has 0 radical (unpaired) electrons. The van der Waals surface area contributed by atoms with Crippen LogP contribution in [0.25, 0.3) is 0 Å². The number of carbonyl (C=O) groups is 2. The number of hydrogen-bond acceptors (Lipinski definition) is 2. The molecule has 3 rings (SSSR count). The van der Waals surface area contributed by atoms with Gasteiger partial charge in [0.15, 0.2) is 5.78 Å². The summed E-state index contributed by atoms with van der Waals surface area (Å²) in [6.45, 7) is 1.54. The van der Waals surface area contributed by atoms with Crippen molar-refractivity contribution in [1.29, 1.82) is 0 Å². The molecule has 0 bridgehead atoms. The third-order valence-corrected chi connectivity index (χ3v) is 4.60. The minimum atomic E-state index is -0.566. The van der Waals surface area contributed by atoms with Crippen molar-refractivity contribution in [3.63, 3.8) is 0 Å². The van der Waals surface area contributed by atoms with Gasteiger partial charge in [-0.2, -0.15) is 0 Å². The predicted octanol–water partition coefficient (Wildman–Crippen LogP) is 4.19. The number of carbonyl (C=O) groups excluding carboxylic acids is 2. The molecule has 0 fully saturated rings. The standard InChI is InChI=1S/C20H20O2/c1-14(21)19(20(22)16-9-3-2-4-10-16)18-13-7-11-15-8-5-6-12-17(15)18/h2-6,8-10,12,18-19H,7,11,13H2,1H3. The molecule has 0 aliphatic heterocycles. The second-order valence-electron chi connectivity index (χ2n) is 6.02. The minimum Gasteiger partial charge on any atom is -0.299 e. The summed E-state index contributed by atoms with van der Waals surface area (Å²) in [6, 6.07) is 17.4. The third kappa shape index (κ3) is 2.74. The Balaban J connectivity index is 2.00. The van der Waals surface area contributed by atoms with E-state index in [9.17, 15) is 9.59 Å². The Labute approximate surface area is 131 Å². The van der Waals surface area contributed by atoms with Crippen LogP contribution in [0.1, 0.15) is 47.2 Å². The van der Waals surface area contributed by atoms with E-state index in [1.165, 1.54) is 11.1 Å².